The van der Waals surface area contributed by atoms with Crippen LogP contribution in [0.25, 0.3) is 0 Å². The van der Waals surface area contributed by atoms with E-state index in [1.54, 1.807) is 6.26 Å². The monoisotopic (exact) mass is 272 g/mol. The number of nitrogens with one attached hydrogen (secondary N) is 1. The van der Waals surface area contributed by atoms with Crippen LogP contribution in [-0.4, -0.2) is 13.1 Å². The molecule has 3 nitrogen and oxygen atoms in total. The minimum Gasteiger partial charge on any atom is -0.468 e. The average Bonchev–Trinajstić information content (AvgIpc) is 2.91. The van der Waals surface area contributed by atoms with Crippen molar-refractivity contribution < 1.29 is 4.42 Å². The Hall–Kier alpha value is -1.74. The van der Waals surface area contributed by atoms with Gasteiger partial charge in [-0.25, -0.2) is 0 Å². The van der Waals surface area contributed by atoms with E-state index in [0.29, 0.717) is 0 Å². The molecule has 108 valence electrons. The van der Waals surface area contributed by atoms with Crippen LogP contribution in [0.2, 0.25) is 0 Å². The lowest BCUT2D eigenvalue weighted by Gasteiger charge is -2.23. The van der Waals surface area contributed by atoms with Crippen LogP contribution in [0.5, 0.6) is 0 Å². The number of anilines is 1. The molecule has 0 aliphatic carbocycles. The fourth-order valence-corrected chi connectivity index (χ4v) is 2.25. The first kappa shape index (κ1) is 14.7. The SMILES string of the molecule is CCNCc1occc1CN(CC)c1ccc(C)cc1. The van der Waals surface area contributed by atoms with Gasteiger partial charge >= 0.3 is 0 Å². The number of hydrogen-bond acceptors (Lipinski definition) is 3. The average molecular weight is 272 g/mol. The molecule has 1 N–H and O–H groups in total. The maximum absolute atomic E-state index is 5.58. The highest BCUT2D eigenvalue weighted by molar-refractivity contribution is 5.48. The van der Waals surface area contributed by atoms with Crippen LogP contribution in [0.4, 0.5) is 5.69 Å². The Morgan fingerprint density at radius 3 is 2.50 bits per heavy atom. The van der Waals surface area contributed by atoms with Crippen LogP contribution in [0.1, 0.15) is 30.7 Å². The minimum absolute atomic E-state index is 0.796. The lowest BCUT2D eigenvalue weighted by Crippen LogP contribution is -2.23. The van der Waals surface area contributed by atoms with E-state index in [1.807, 2.05) is 0 Å². The molecule has 1 aromatic carbocycles. The lowest BCUT2D eigenvalue weighted by molar-refractivity contribution is 0.482. The minimum atomic E-state index is 0.796. The van der Waals surface area contributed by atoms with Gasteiger partial charge in [0.25, 0.3) is 0 Å². The Morgan fingerprint density at radius 1 is 1.10 bits per heavy atom. The van der Waals surface area contributed by atoms with Crippen molar-refractivity contribution in [3.05, 3.63) is 53.5 Å². The van der Waals surface area contributed by atoms with Crippen molar-refractivity contribution in [3.63, 3.8) is 0 Å². The molecule has 1 heterocycles. The molecule has 0 aliphatic rings. The van der Waals surface area contributed by atoms with Crippen LogP contribution >= 0.6 is 0 Å². The number of hydrogen-bond donors (Lipinski definition) is 1. The molecular weight excluding hydrogens is 248 g/mol. The predicted octanol–water partition coefficient (Wildman–Crippen LogP) is 3.72. The summed E-state index contributed by atoms with van der Waals surface area (Å²) in [5, 5.41) is 3.32. The molecule has 2 aromatic rings. The van der Waals surface area contributed by atoms with E-state index in [4.69, 9.17) is 4.42 Å². The Bertz CT molecular complexity index is 516. The fraction of sp³-hybridized carbons (Fsp3) is 0.412. The van der Waals surface area contributed by atoms with Gasteiger partial charge in [0.05, 0.1) is 12.8 Å². The predicted molar refractivity (Wildman–Crippen MR) is 84.0 cm³/mol. The number of aryl methyl sites for hydroxylation is 1. The van der Waals surface area contributed by atoms with Crippen molar-refractivity contribution >= 4 is 5.69 Å². The van der Waals surface area contributed by atoms with E-state index in [2.05, 4.69) is 61.3 Å². The third-order valence-corrected chi connectivity index (χ3v) is 3.52. The van der Waals surface area contributed by atoms with E-state index < -0.39 is 0 Å². The third kappa shape index (κ3) is 3.64. The van der Waals surface area contributed by atoms with E-state index in [0.717, 1.165) is 31.9 Å². The summed E-state index contributed by atoms with van der Waals surface area (Å²) < 4.78 is 5.58. The molecule has 0 spiro atoms. The molecule has 0 saturated carbocycles. The quantitative estimate of drug-likeness (QED) is 0.832. The molecule has 3 heteroatoms. The van der Waals surface area contributed by atoms with Gasteiger partial charge in [-0.1, -0.05) is 24.6 Å². The molecule has 2 rings (SSSR count). The molecule has 0 radical (unpaired) electrons. The third-order valence-electron chi connectivity index (χ3n) is 3.52. The summed E-state index contributed by atoms with van der Waals surface area (Å²) in [4.78, 5) is 2.36. The van der Waals surface area contributed by atoms with Gasteiger partial charge in [0.1, 0.15) is 5.76 Å². The smallest absolute Gasteiger partial charge is 0.122 e. The van der Waals surface area contributed by atoms with Crippen LogP contribution < -0.4 is 10.2 Å². The molecular formula is C17H24N2O. The number of furan rings is 1. The Morgan fingerprint density at radius 2 is 1.85 bits per heavy atom. The number of rotatable bonds is 7. The van der Waals surface area contributed by atoms with Gasteiger partial charge in [-0.2, -0.15) is 0 Å². The lowest BCUT2D eigenvalue weighted by atomic mass is 10.2. The molecule has 0 saturated heterocycles. The van der Waals surface area contributed by atoms with Crippen molar-refractivity contribution in [2.75, 3.05) is 18.0 Å². The fourth-order valence-electron chi connectivity index (χ4n) is 2.25. The highest BCUT2D eigenvalue weighted by Gasteiger charge is 2.11. The van der Waals surface area contributed by atoms with Crippen molar-refractivity contribution in [2.24, 2.45) is 0 Å². The van der Waals surface area contributed by atoms with E-state index >= 15 is 0 Å². The van der Waals surface area contributed by atoms with E-state index in [9.17, 15) is 0 Å². The molecule has 0 atom stereocenters. The zero-order valence-electron chi connectivity index (χ0n) is 12.6. The van der Waals surface area contributed by atoms with Crippen molar-refractivity contribution in [3.8, 4) is 0 Å². The summed E-state index contributed by atoms with van der Waals surface area (Å²) in [6.07, 6.45) is 1.78. The van der Waals surface area contributed by atoms with Gasteiger partial charge in [0.15, 0.2) is 0 Å². The molecule has 20 heavy (non-hydrogen) atoms. The molecule has 1 aromatic heterocycles. The second-order valence-electron chi connectivity index (χ2n) is 5.00. The maximum atomic E-state index is 5.58. The summed E-state index contributed by atoms with van der Waals surface area (Å²) in [6, 6.07) is 10.8. The molecule has 0 bridgehead atoms. The van der Waals surface area contributed by atoms with Gasteiger partial charge in [-0.05, 0) is 38.6 Å². The molecule has 0 fully saturated rings. The van der Waals surface area contributed by atoms with Gasteiger partial charge in [0.2, 0.25) is 0 Å². The molecule has 0 aliphatic heterocycles. The molecule has 0 amide bonds. The van der Waals surface area contributed by atoms with Crippen molar-refractivity contribution in [1.29, 1.82) is 0 Å². The summed E-state index contributed by atoms with van der Waals surface area (Å²) >= 11 is 0. The van der Waals surface area contributed by atoms with Crippen LogP contribution in [-0.2, 0) is 13.1 Å². The summed E-state index contributed by atoms with van der Waals surface area (Å²) in [6.45, 7) is 10.0. The van der Waals surface area contributed by atoms with Gasteiger partial charge in [-0.15, -0.1) is 0 Å². The first-order chi connectivity index (χ1) is 9.74. The zero-order valence-corrected chi connectivity index (χ0v) is 12.6. The largest absolute Gasteiger partial charge is 0.468 e. The highest BCUT2D eigenvalue weighted by Crippen LogP contribution is 2.20. The van der Waals surface area contributed by atoms with Crippen molar-refractivity contribution in [1.82, 2.24) is 5.32 Å². The van der Waals surface area contributed by atoms with Crippen LogP contribution in [0.3, 0.4) is 0 Å². The zero-order chi connectivity index (χ0) is 14.4. The first-order valence-electron chi connectivity index (χ1n) is 7.32. The van der Waals surface area contributed by atoms with E-state index in [-0.39, 0.29) is 0 Å². The van der Waals surface area contributed by atoms with Crippen LogP contribution in [0, 0.1) is 6.92 Å². The Labute approximate surface area is 121 Å². The Kier molecular flexibility index (Phi) is 5.24. The van der Waals surface area contributed by atoms with Crippen LogP contribution in [0.15, 0.2) is 41.0 Å². The van der Waals surface area contributed by atoms with Gasteiger partial charge < -0.3 is 14.6 Å². The summed E-state index contributed by atoms with van der Waals surface area (Å²) in [5.41, 5.74) is 3.81. The maximum Gasteiger partial charge on any atom is 0.122 e. The molecule has 0 unspecified atom stereocenters. The standard InChI is InChI=1S/C17H24N2O/c1-4-18-12-17-15(10-11-20-17)13-19(5-2)16-8-6-14(3)7-9-16/h6-11,18H,4-5,12-13H2,1-3H3. The first-order valence-corrected chi connectivity index (χ1v) is 7.32. The highest BCUT2D eigenvalue weighted by atomic mass is 16.3. The van der Waals surface area contributed by atoms with Gasteiger partial charge in [0, 0.05) is 24.3 Å². The topological polar surface area (TPSA) is 28.4 Å². The number of benzene rings is 1. The van der Waals surface area contributed by atoms with Gasteiger partial charge in [-0.3, -0.25) is 0 Å². The second-order valence-corrected chi connectivity index (χ2v) is 5.00. The summed E-state index contributed by atoms with van der Waals surface area (Å²) in [5.74, 6) is 1.04. The van der Waals surface area contributed by atoms with E-state index in [1.165, 1.54) is 16.8 Å². The summed E-state index contributed by atoms with van der Waals surface area (Å²) in [7, 11) is 0. The van der Waals surface area contributed by atoms with Crippen molar-refractivity contribution in [2.45, 2.75) is 33.9 Å². The number of nitrogens with zero attached hydrogens (tertiary/aromatic N) is 1. The second kappa shape index (κ2) is 7.15. The Balaban J connectivity index is 2.10. The normalized spacial score (nSPS) is 10.8.